The van der Waals surface area contributed by atoms with E-state index in [4.69, 9.17) is 11.5 Å². The van der Waals surface area contributed by atoms with Gasteiger partial charge >= 0.3 is 0 Å². The predicted molar refractivity (Wildman–Crippen MR) is 137 cm³/mol. The van der Waals surface area contributed by atoms with Crippen molar-refractivity contribution in [3.63, 3.8) is 0 Å². The highest BCUT2D eigenvalue weighted by Crippen LogP contribution is 2.29. The summed E-state index contributed by atoms with van der Waals surface area (Å²) in [5.74, 6) is 0.396. The van der Waals surface area contributed by atoms with Crippen LogP contribution >= 0.6 is 0 Å². The van der Waals surface area contributed by atoms with Gasteiger partial charge in [0.05, 0.1) is 5.52 Å². The summed E-state index contributed by atoms with van der Waals surface area (Å²) in [4.78, 5) is 21.0. The number of hydrogen-bond donors (Lipinski definition) is 5. The van der Waals surface area contributed by atoms with Crippen LogP contribution in [0.25, 0.3) is 10.9 Å². The van der Waals surface area contributed by atoms with Crippen molar-refractivity contribution in [3.05, 3.63) is 72.1 Å². The molecule has 35 heavy (non-hydrogen) atoms. The third-order valence-electron chi connectivity index (χ3n) is 6.54. The van der Waals surface area contributed by atoms with Crippen molar-refractivity contribution >= 4 is 34.3 Å². The topological polar surface area (TPSA) is 144 Å². The summed E-state index contributed by atoms with van der Waals surface area (Å²) in [6.45, 7) is 0.656. The van der Waals surface area contributed by atoms with Gasteiger partial charge in [0.1, 0.15) is 17.1 Å². The Hall–Kier alpha value is -4.11. The van der Waals surface area contributed by atoms with E-state index in [2.05, 4.69) is 25.2 Å². The van der Waals surface area contributed by atoms with Gasteiger partial charge in [0.15, 0.2) is 0 Å². The van der Waals surface area contributed by atoms with Crippen LogP contribution in [-0.2, 0) is 6.54 Å². The Morgan fingerprint density at radius 2 is 1.91 bits per heavy atom. The number of aromatic nitrogens is 3. The number of carbonyl (C=O) groups excluding carboxylic acids is 1. The van der Waals surface area contributed by atoms with Crippen molar-refractivity contribution in [2.24, 2.45) is 11.5 Å². The third-order valence-corrected chi connectivity index (χ3v) is 6.54. The van der Waals surface area contributed by atoms with Crippen LogP contribution in [0.4, 0.5) is 17.5 Å². The fraction of sp³-hybridized carbons (Fsp3) is 0.269. The highest BCUT2D eigenvalue weighted by molar-refractivity contribution is 6.00. The normalized spacial score (nSPS) is 17.9. The monoisotopic (exact) mass is 471 g/mol. The summed E-state index contributed by atoms with van der Waals surface area (Å²) < 4.78 is 2.12. The number of nitrogens with two attached hydrogens (primary N) is 2. The van der Waals surface area contributed by atoms with E-state index in [1.807, 2.05) is 42.6 Å². The molecular formula is C26H29N7O2. The number of nitrogens with one attached hydrogen (secondary N) is 2. The molecule has 0 unspecified atom stereocenters. The lowest BCUT2D eigenvalue weighted by atomic mass is 9.91. The maximum Gasteiger partial charge on any atom is 0.254 e. The number of phenolic OH excluding ortho intramolecular Hbond substituents is 1. The van der Waals surface area contributed by atoms with E-state index in [0.717, 1.165) is 47.8 Å². The first-order valence-corrected chi connectivity index (χ1v) is 11.8. The molecule has 7 N–H and O–H groups in total. The number of fused-ring (bicyclic) bond motifs is 1. The number of phenols is 1. The molecule has 2 aromatic carbocycles. The quantitative estimate of drug-likeness (QED) is 0.276. The second-order valence-corrected chi connectivity index (χ2v) is 8.99. The van der Waals surface area contributed by atoms with Crippen molar-refractivity contribution in [2.45, 2.75) is 44.3 Å². The number of aromatic hydroxyl groups is 1. The highest BCUT2D eigenvalue weighted by Gasteiger charge is 2.23. The first-order valence-electron chi connectivity index (χ1n) is 11.8. The minimum absolute atomic E-state index is 0.0432. The van der Waals surface area contributed by atoms with Crippen molar-refractivity contribution in [2.75, 3.05) is 10.6 Å². The maximum atomic E-state index is 12.1. The summed E-state index contributed by atoms with van der Waals surface area (Å²) in [5.41, 5.74) is 15.0. The molecule has 0 saturated heterocycles. The molecule has 5 rings (SSSR count). The summed E-state index contributed by atoms with van der Waals surface area (Å²) in [5, 5.41) is 17.2. The standard InChI is InChI=1S/C26H29N7O2/c27-20-4-1-2-5-22(20)31-26-29-14-19(24(28)35)25(32-26)30-21-6-3-7-23-18(21)12-13-33(23)15-16-8-10-17(34)11-9-16/h3,6-14,20,22,34H,1-2,4-5,15,27H2,(H2,28,35)(H2,29,30,31,32)/t20-,22+/m0/s1. The van der Waals surface area contributed by atoms with Crippen molar-refractivity contribution in [1.29, 1.82) is 0 Å². The van der Waals surface area contributed by atoms with Crippen LogP contribution in [-0.4, -0.2) is 37.6 Å². The number of amides is 1. The van der Waals surface area contributed by atoms with Crippen LogP contribution in [0.3, 0.4) is 0 Å². The lowest BCUT2D eigenvalue weighted by Gasteiger charge is -2.29. The molecule has 0 aliphatic heterocycles. The molecule has 180 valence electrons. The lowest BCUT2D eigenvalue weighted by molar-refractivity contribution is 0.100. The SMILES string of the molecule is NC(=O)c1cnc(N[C@@H]2CCCC[C@@H]2N)nc1Nc1cccc2c1ccn2Cc1ccc(O)cc1. The molecule has 0 bridgehead atoms. The van der Waals surface area contributed by atoms with Gasteiger partial charge in [-0.25, -0.2) is 4.98 Å². The highest BCUT2D eigenvalue weighted by atomic mass is 16.3. The molecule has 1 saturated carbocycles. The Kier molecular flexibility index (Phi) is 6.24. The number of carbonyl (C=O) groups is 1. The van der Waals surface area contributed by atoms with E-state index in [1.165, 1.54) is 6.20 Å². The first-order chi connectivity index (χ1) is 17.0. The van der Waals surface area contributed by atoms with Crippen LogP contribution in [0, 0.1) is 0 Å². The zero-order valence-corrected chi connectivity index (χ0v) is 19.3. The fourth-order valence-corrected chi connectivity index (χ4v) is 4.63. The van der Waals surface area contributed by atoms with Gasteiger partial charge in [0, 0.05) is 42.1 Å². The van der Waals surface area contributed by atoms with Gasteiger partial charge in [0.2, 0.25) is 5.95 Å². The zero-order chi connectivity index (χ0) is 24.4. The average Bonchev–Trinajstić information content (AvgIpc) is 3.26. The molecule has 9 heteroatoms. The molecule has 2 heterocycles. The number of benzene rings is 2. The Labute approximate surface area is 203 Å². The molecular weight excluding hydrogens is 442 g/mol. The van der Waals surface area contributed by atoms with Crippen molar-refractivity contribution < 1.29 is 9.90 Å². The second kappa shape index (κ2) is 9.63. The average molecular weight is 472 g/mol. The van der Waals surface area contributed by atoms with Crippen molar-refractivity contribution in [1.82, 2.24) is 14.5 Å². The smallest absolute Gasteiger partial charge is 0.254 e. The van der Waals surface area contributed by atoms with Crippen molar-refractivity contribution in [3.8, 4) is 5.75 Å². The minimum Gasteiger partial charge on any atom is -0.508 e. The molecule has 0 radical (unpaired) electrons. The van der Waals surface area contributed by atoms with Gasteiger partial charge in [0.25, 0.3) is 5.91 Å². The molecule has 0 spiro atoms. The van der Waals surface area contributed by atoms with Gasteiger partial charge in [-0.3, -0.25) is 4.79 Å². The number of nitrogens with zero attached hydrogens (tertiary/aromatic N) is 3. The summed E-state index contributed by atoms with van der Waals surface area (Å²) in [7, 11) is 0. The Bertz CT molecular complexity index is 1350. The van der Waals surface area contributed by atoms with Crippen LogP contribution in [0.5, 0.6) is 5.75 Å². The number of anilines is 3. The number of hydrogen-bond acceptors (Lipinski definition) is 7. The second-order valence-electron chi connectivity index (χ2n) is 8.99. The van der Waals surface area contributed by atoms with E-state index in [-0.39, 0.29) is 23.4 Å². The summed E-state index contributed by atoms with van der Waals surface area (Å²) >= 11 is 0. The maximum absolute atomic E-state index is 12.1. The summed E-state index contributed by atoms with van der Waals surface area (Å²) in [6, 6.07) is 15.2. The molecule has 1 amide bonds. The van der Waals surface area contributed by atoms with Crippen LogP contribution in [0.1, 0.15) is 41.6 Å². The van der Waals surface area contributed by atoms with Gasteiger partial charge < -0.3 is 31.8 Å². The molecule has 9 nitrogen and oxygen atoms in total. The van der Waals surface area contributed by atoms with E-state index < -0.39 is 5.91 Å². The van der Waals surface area contributed by atoms with Crippen LogP contribution in [0.15, 0.2) is 60.9 Å². The number of primary amides is 1. The Morgan fingerprint density at radius 3 is 2.69 bits per heavy atom. The van der Waals surface area contributed by atoms with E-state index in [0.29, 0.717) is 18.3 Å². The van der Waals surface area contributed by atoms with E-state index >= 15 is 0 Å². The Balaban J connectivity index is 1.44. The van der Waals surface area contributed by atoms with E-state index in [9.17, 15) is 9.90 Å². The molecule has 4 aromatic rings. The minimum atomic E-state index is -0.606. The molecule has 1 aliphatic rings. The molecule has 1 aliphatic carbocycles. The summed E-state index contributed by atoms with van der Waals surface area (Å²) in [6.07, 6.45) is 7.62. The third kappa shape index (κ3) is 4.90. The predicted octanol–water partition coefficient (Wildman–Crippen LogP) is 3.71. The van der Waals surface area contributed by atoms with Crippen LogP contribution < -0.4 is 22.1 Å². The number of rotatable bonds is 7. The van der Waals surface area contributed by atoms with E-state index in [1.54, 1.807) is 12.1 Å². The largest absolute Gasteiger partial charge is 0.508 e. The van der Waals surface area contributed by atoms with Gasteiger partial charge in [-0.05, 0) is 48.7 Å². The van der Waals surface area contributed by atoms with Gasteiger partial charge in [-0.1, -0.05) is 31.0 Å². The zero-order valence-electron chi connectivity index (χ0n) is 19.3. The molecule has 2 atom stereocenters. The Morgan fingerprint density at radius 1 is 1.11 bits per heavy atom. The first kappa shape index (κ1) is 22.7. The fourth-order valence-electron chi connectivity index (χ4n) is 4.63. The van der Waals surface area contributed by atoms with Gasteiger partial charge in [-0.15, -0.1) is 0 Å². The van der Waals surface area contributed by atoms with Gasteiger partial charge in [-0.2, -0.15) is 4.98 Å². The molecule has 2 aromatic heterocycles. The molecule has 1 fully saturated rings. The van der Waals surface area contributed by atoms with Crippen LogP contribution in [0.2, 0.25) is 0 Å². The lowest BCUT2D eigenvalue weighted by Crippen LogP contribution is -2.43.